The fraction of sp³-hybridized carbons (Fsp3) is 1.00. The minimum Gasteiger partial charge on any atom is -0.392 e. The minimum absolute atomic E-state index is 0.0944. The van der Waals surface area contributed by atoms with Crippen molar-refractivity contribution in [2.45, 2.75) is 46.3 Å². The Balaban J connectivity index is 2.55. The maximum absolute atomic E-state index is 9.56. The maximum Gasteiger partial charge on any atom is 0.0621 e. The summed E-state index contributed by atoms with van der Waals surface area (Å²) in [5.41, 5.74) is 0.103. The van der Waals surface area contributed by atoms with Crippen molar-refractivity contribution in [3.8, 4) is 0 Å². The molecule has 12 heavy (non-hydrogen) atoms. The molecule has 72 valence electrons. The Kier molecular flexibility index (Phi) is 2.79. The van der Waals surface area contributed by atoms with Gasteiger partial charge >= 0.3 is 0 Å². The van der Waals surface area contributed by atoms with Crippen LogP contribution in [0.1, 0.15) is 34.1 Å². The van der Waals surface area contributed by atoms with Crippen molar-refractivity contribution in [3.63, 3.8) is 0 Å². The highest BCUT2D eigenvalue weighted by molar-refractivity contribution is 5.02. The largest absolute Gasteiger partial charge is 0.392 e. The summed E-state index contributed by atoms with van der Waals surface area (Å²) < 4.78 is 0. The number of rotatable bonds is 3. The Labute approximate surface area is 75.6 Å². The van der Waals surface area contributed by atoms with Gasteiger partial charge in [-0.25, -0.2) is 0 Å². The maximum atomic E-state index is 9.56. The van der Waals surface area contributed by atoms with Gasteiger partial charge in [0.05, 0.1) is 6.10 Å². The lowest BCUT2D eigenvalue weighted by Gasteiger charge is -2.54. The number of hydrogen-bond donors (Lipinski definition) is 1. The Morgan fingerprint density at radius 2 is 1.83 bits per heavy atom. The zero-order valence-corrected chi connectivity index (χ0v) is 8.67. The molecule has 1 rings (SSSR count). The molecule has 0 heterocycles. The molecule has 2 atom stereocenters. The number of nitrogens with zero attached hydrogens (tertiary/aromatic N) is 1. The molecule has 1 aliphatic rings. The van der Waals surface area contributed by atoms with Crippen LogP contribution in [0.4, 0.5) is 0 Å². The van der Waals surface area contributed by atoms with Crippen molar-refractivity contribution in [2.75, 3.05) is 13.1 Å². The van der Waals surface area contributed by atoms with Crippen molar-refractivity contribution in [1.29, 1.82) is 0 Å². The number of aliphatic hydroxyl groups excluding tert-OH is 1. The monoisotopic (exact) mass is 171 g/mol. The number of hydrogen-bond acceptors (Lipinski definition) is 2. The van der Waals surface area contributed by atoms with Crippen LogP contribution in [0.2, 0.25) is 0 Å². The van der Waals surface area contributed by atoms with Gasteiger partial charge in [0.15, 0.2) is 0 Å². The van der Waals surface area contributed by atoms with E-state index in [-0.39, 0.29) is 11.5 Å². The van der Waals surface area contributed by atoms with Gasteiger partial charge in [0.25, 0.3) is 0 Å². The molecule has 1 N–H and O–H groups in total. The second-order valence-electron chi connectivity index (χ2n) is 4.31. The third-order valence-corrected chi connectivity index (χ3v) is 3.42. The van der Waals surface area contributed by atoms with Crippen molar-refractivity contribution in [1.82, 2.24) is 4.90 Å². The van der Waals surface area contributed by atoms with Gasteiger partial charge < -0.3 is 10.0 Å². The van der Waals surface area contributed by atoms with Gasteiger partial charge in [0, 0.05) is 11.5 Å². The molecule has 0 spiro atoms. The zero-order chi connectivity index (χ0) is 9.35. The standard InChI is InChI=1S/C10H21NO/c1-5-11(6-2)8-7-9(12)10(8,3)4/h8-9,12H,5-7H2,1-4H3. The molecule has 2 unspecified atom stereocenters. The summed E-state index contributed by atoms with van der Waals surface area (Å²) in [4.78, 5) is 2.44. The van der Waals surface area contributed by atoms with Crippen molar-refractivity contribution >= 4 is 0 Å². The molecule has 1 fully saturated rings. The summed E-state index contributed by atoms with van der Waals surface area (Å²) in [6.45, 7) is 10.9. The first-order chi connectivity index (χ1) is 5.54. The highest BCUT2D eigenvalue weighted by Crippen LogP contribution is 2.43. The summed E-state index contributed by atoms with van der Waals surface area (Å²) in [5, 5.41) is 9.56. The van der Waals surface area contributed by atoms with E-state index in [0.29, 0.717) is 6.04 Å². The van der Waals surface area contributed by atoms with Crippen LogP contribution >= 0.6 is 0 Å². The van der Waals surface area contributed by atoms with Crippen LogP contribution in [0, 0.1) is 5.41 Å². The fourth-order valence-corrected chi connectivity index (χ4v) is 2.16. The topological polar surface area (TPSA) is 23.5 Å². The van der Waals surface area contributed by atoms with Crippen molar-refractivity contribution < 1.29 is 5.11 Å². The van der Waals surface area contributed by atoms with Crippen LogP contribution in [0.15, 0.2) is 0 Å². The SMILES string of the molecule is CCN(CC)C1CC(O)C1(C)C. The van der Waals surface area contributed by atoms with Gasteiger partial charge in [-0.15, -0.1) is 0 Å². The molecule has 1 saturated carbocycles. The smallest absolute Gasteiger partial charge is 0.0621 e. The Morgan fingerprint density at radius 3 is 2.08 bits per heavy atom. The lowest BCUT2D eigenvalue weighted by molar-refractivity contribution is -0.117. The Hall–Kier alpha value is -0.0800. The van der Waals surface area contributed by atoms with Gasteiger partial charge in [-0.1, -0.05) is 27.7 Å². The molecular weight excluding hydrogens is 150 g/mol. The molecule has 0 aliphatic heterocycles. The van der Waals surface area contributed by atoms with Gasteiger partial charge in [-0.2, -0.15) is 0 Å². The van der Waals surface area contributed by atoms with E-state index in [0.717, 1.165) is 19.5 Å². The molecule has 0 saturated heterocycles. The molecule has 0 bridgehead atoms. The normalized spacial score (nSPS) is 33.5. The molecule has 0 aromatic heterocycles. The minimum atomic E-state index is -0.0944. The van der Waals surface area contributed by atoms with Crippen LogP contribution in [-0.2, 0) is 0 Å². The lowest BCUT2D eigenvalue weighted by atomic mass is 9.64. The van der Waals surface area contributed by atoms with Crippen LogP contribution < -0.4 is 0 Å². The average Bonchev–Trinajstić information content (AvgIpc) is 2.05. The van der Waals surface area contributed by atoms with E-state index in [2.05, 4.69) is 32.6 Å². The molecule has 1 aliphatic carbocycles. The van der Waals surface area contributed by atoms with Gasteiger partial charge in [0.1, 0.15) is 0 Å². The second-order valence-corrected chi connectivity index (χ2v) is 4.31. The van der Waals surface area contributed by atoms with Crippen LogP contribution in [0.5, 0.6) is 0 Å². The first-order valence-electron chi connectivity index (χ1n) is 4.96. The number of aliphatic hydroxyl groups is 1. The van der Waals surface area contributed by atoms with Gasteiger partial charge in [0.2, 0.25) is 0 Å². The summed E-state index contributed by atoms with van der Waals surface area (Å²) in [6.07, 6.45) is 0.859. The summed E-state index contributed by atoms with van der Waals surface area (Å²) in [5.74, 6) is 0. The summed E-state index contributed by atoms with van der Waals surface area (Å²) in [6, 6.07) is 0.586. The van der Waals surface area contributed by atoms with Gasteiger partial charge in [-0.05, 0) is 19.5 Å². The van der Waals surface area contributed by atoms with E-state index in [1.54, 1.807) is 0 Å². The highest BCUT2D eigenvalue weighted by atomic mass is 16.3. The molecule has 0 aromatic rings. The predicted octanol–water partition coefficient (Wildman–Crippen LogP) is 1.49. The first-order valence-corrected chi connectivity index (χ1v) is 4.96. The van der Waals surface area contributed by atoms with E-state index < -0.39 is 0 Å². The first kappa shape index (κ1) is 10.0. The van der Waals surface area contributed by atoms with Crippen LogP contribution in [0.25, 0.3) is 0 Å². The molecule has 0 radical (unpaired) electrons. The fourth-order valence-electron chi connectivity index (χ4n) is 2.16. The predicted molar refractivity (Wildman–Crippen MR) is 51.1 cm³/mol. The highest BCUT2D eigenvalue weighted by Gasteiger charge is 2.49. The summed E-state index contributed by atoms with van der Waals surface area (Å²) >= 11 is 0. The van der Waals surface area contributed by atoms with E-state index in [1.165, 1.54) is 0 Å². The molecule has 2 heteroatoms. The summed E-state index contributed by atoms with van der Waals surface area (Å²) in [7, 11) is 0. The molecule has 0 amide bonds. The second kappa shape index (κ2) is 3.35. The van der Waals surface area contributed by atoms with E-state index in [9.17, 15) is 5.11 Å². The molecular formula is C10H21NO. The van der Waals surface area contributed by atoms with Crippen molar-refractivity contribution in [2.24, 2.45) is 5.41 Å². The van der Waals surface area contributed by atoms with Crippen LogP contribution in [-0.4, -0.2) is 35.2 Å². The third kappa shape index (κ3) is 1.38. The Morgan fingerprint density at radius 1 is 1.33 bits per heavy atom. The molecule has 0 aromatic carbocycles. The molecule has 2 nitrogen and oxygen atoms in total. The van der Waals surface area contributed by atoms with Gasteiger partial charge in [-0.3, -0.25) is 0 Å². The quantitative estimate of drug-likeness (QED) is 0.695. The average molecular weight is 171 g/mol. The lowest BCUT2D eigenvalue weighted by Crippen LogP contribution is -2.61. The Bertz CT molecular complexity index is 152. The van der Waals surface area contributed by atoms with Crippen LogP contribution in [0.3, 0.4) is 0 Å². The van der Waals surface area contributed by atoms with E-state index in [4.69, 9.17) is 0 Å². The zero-order valence-electron chi connectivity index (χ0n) is 8.67. The van der Waals surface area contributed by atoms with Crippen molar-refractivity contribution in [3.05, 3.63) is 0 Å². The van der Waals surface area contributed by atoms with E-state index in [1.807, 2.05) is 0 Å². The third-order valence-electron chi connectivity index (χ3n) is 3.42. The van der Waals surface area contributed by atoms with E-state index >= 15 is 0 Å².